The van der Waals surface area contributed by atoms with Gasteiger partial charge in [0, 0.05) is 0 Å². The van der Waals surface area contributed by atoms with Crippen molar-refractivity contribution in [2.75, 3.05) is 13.2 Å². The Bertz CT molecular complexity index is 196. The van der Waals surface area contributed by atoms with E-state index in [1.807, 2.05) is 0 Å². The summed E-state index contributed by atoms with van der Waals surface area (Å²) in [5, 5.41) is 0. The quantitative estimate of drug-likeness (QED) is 0.246. The average molecular weight is 212 g/mol. The first-order chi connectivity index (χ1) is 5.83. The molecule has 7 heteroatoms. The van der Waals surface area contributed by atoms with Crippen molar-refractivity contribution < 1.29 is 28.7 Å². The molecule has 0 aliphatic heterocycles. The predicted molar refractivity (Wildman–Crippen MR) is 46.7 cm³/mol. The van der Waals surface area contributed by atoms with Crippen LogP contribution in [0.1, 0.15) is 6.92 Å². The van der Waals surface area contributed by atoms with Gasteiger partial charge in [-0.2, -0.15) is 0 Å². The van der Waals surface area contributed by atoms with E-state index < -0.39 is 14.1 Å². The van der Waals surface area contributed by atoms with Crippen LogP contribution in [0.25, 0.3) is 0 Å². The SMILES string of the molecule is C=C(C)C(=O)OCCO[PH](O)(O)O. The number of esters is 1. The van der Waals surface area contributed by atoms with Crippen molar-refractivity contribution in [3.8, 4) is 0 Å². The number of hydrogen-bond donors (Lipinski definition) is 3. The van der Waals surface area contributed by atoms with Crippen LogP contribution >= 0.6 is 8.17 Å². The van der Waals surface area contributed by atoms with E-state index >= 15 is 0 Å². The van der Waals surface area contributed by atoms with E-state index in [1.54, 1.807) is 0 Å². The zero-order valence-corrected chi connectivity index (χ0v) is 8.19. The second-order valence-corrected chi connectivity index (χ2v) is 3.77. The summed E-state index contributed by atoms with van der Waals surface area (Å²) in [6.07, 6.45) is 0. The molecule has 0 aromatic heterocycles. The summed E-state index contributed by atoms with van der Waals surface area (Å²) in [6.45, 7) is 4.37. The van der Waals surface area contributed by atoms with Gasteiger partial charge >= 0.3 is 75.2 Å². The van der Waals surface area contributed by atoms with Crippen LogP contribution < -0.4 is 0 Å². The number of carbonyl (C=O) groups excluding carboxylic acids is 1. The third-order valence-corrected chi connectivity index (χ3v) is 1.55. The molecule has 78 valence electrons. The van der Waals surface area contributed by atoms with Crippen molar-refractivity contribution in [1.82, 2.24) is 0 Å². The Morgan fingerprint density at radius 3 is 2.31 bits per heavy atom. The Morgan fingerprint density at radius 2 is 1.92 bits per heavy atom. The number of rotatable bonds is 5. The standard InChI is InChI=1S/C6H13O6P/c1-5(2)6(7)11-3-4-12-13(8,9)10/h8-10,13H,1,3-4H2,2H3. The Balaban J connectivity index is 3.47. The van der Waals surface area contributed by atoms with Crippen molar-refractivity contribution in [1.29, 1.82) is 0 Å². The van der Waals surface area contributed by atoms with Crippen molar-refractivity contribution in [2.24, 2.45) is 0 Å². The molecular formula is C6H13O6P. The fraction of sp³-hybridized carbons (Fsp3) is 0.500. The van der Waals surface area contributed by atoms with Crippen LogP contribution in [0, 0.1) is 0 Å². The summed E-state index contributed by atoms with van der Waals surface area (Å²) in [4.78, 5) is 35.8. The third kappa shape index (κ3) is 7.83. The van der Waals surface area contributed by atoms with Crippen LogP contribution in [0.2, 0.25) is 0 Å². The summed E-state index contributed by atoms with van der Waals surface area (Å²) in [5.41, 5.74) is 0.237. The fourth-order valence-corrected chi connectivity index (χ4v) is 0.793. The number of hydrogen-bond acceptors (Lipinski definition) is 6. The maximum absolute atomic E-state index is 10.7. The molecule has 13 heavy (non-hydrogen) atoms. The normalized spacial score (nSPS) is 12.3. The van der Waals surface area contributed by atoms with Gasteiger partial charge in [-0.1, -0.05) is 0 Å². The minimum atomic E-state index is -4.47. The van der Waals surface area contributed by atoms with E-state index in [9.17, 15) is 4.79 Å². The zero-order valence-electron chi connectivity index (χ0n) is 7.19. The van der Waals surface area contributed by atoms with Gasteiger partial charge in [-0.05, 0) is 0 Å². The molecule has 0 aromatic carbocycles. The fourth-order valence-electron chi connectivity index (χ4n) is 0.436. The molecule has 3 N–H and O–H groups in total. The van der Waals surface area contributed by atoms with E-state index in [-0.39, 0.29) is 18.8 Å². The van der Waals surface area contributed by atoms with Gasteiger partial charge in [-0.3, -0.25) is 0 Å². The first-order valence-corrected chi connectivity index (χ1v) is 5.21. The summed E-state index contributed by atoms with van der Waals surface area (Å²) in [5.74, 6) is -0.593. The molecule has 0 heterocycles. The van der Waals surface area contributed by atoms with Crippen LogP contribution in [-0.2, 0) is 14.1 Å². The van der Waals surface area contributed by atoms with Crippen LogP contribution in [0.3, 0.4) is 0 Å². The Kier molecular flexibility index (Phi) is 5.05. The molecule has 0 rings (SSSR count). The van der Waals surface area contributed by atoms with Gasteiger partial charge in [0.15, 0.2) is 0 Å². The molecule has 0 bridgehead atoms. The van der Waals surface area contributed by atoms with E-state index in [2.05, 4.69) is 15.8 Å². The third-order valence-electron chi connectivity index (χ3n) is 0.961. The topological polar surface area (TPSA) is 96.2 Å². The van der Waals surface area contributed by atoms with E-state index in [0.717, 1.165) is 0 Å². The first kappa shape index (κ1) is 12.5. The zero-order chi connectivity index (χ0) is 10.5. The van der Waals surface area contributed by atoms with Gasteiger partial charge < -0.3 is 0 Å². The van der Waals surface area contributed by atoms with E-state index in [1.165, 1.54) is 6.92 Å². The molecule has 0 spiro atoms. The second-order valence-electron chi connectivity index (χ2n) is 2.34. The van der Waals surface area contributed by atoms with E-state index in [4.69, 9.17) is 14.7 Å². The van der Waals surface area contributed by atoms with Gasteiger partial charge in [0.05, 0.1) is 0 Å². The summed E-state index contributed by atoms with van der Waals surface area (Å²) >= 11 is 0. The molecule has 0 atom stereocenters. The van der Waals surface area contributed by atoms with Gasteiger partial charge in [0.1, 0.15) is 0 Å². The Morgan fingerprint density at radius 1 is 1.38 bits per heavy atom. The number of ether oxygens (including phenoxy) is 1. The van der Waals surface area contributed by atoms with Crippen molar-refractivity contribution in [2.45, 2.75) is 6.92 Å². The second kappa shape index (κ2) is 5.26. The van der Waals surface area contributed by atoms with E-state index in [0.29, 0.717) is 0 Å². The summed E-state index contributed by atoms with van der Waals surface area (Å²) in [7, 11) is -4.47. The monoisotopic (exact) mass is 212 g/mol. The molecule has 0 aliphatic carbocycles. The molecule has 0 amide bonds. The first-order valence-electron chi connectivity index (χ1n) is 3.46. The van der Waals surface area contributed by atoms with Gasteiger partial charge in [-0.15, -0.1) is 0 Å². The molecule has 0 aromatic rings. The predicted octanol–water partition coefficient (Wildman–Crippen LogP) is -0.491. The summed E-state index contributed by atoms with van der Waals surface area (Å²) in [6, 6.07) is 0. The van der Waals surface area contributed by atoms with Crippen molar-refractivity contribution >= 4 is 14.1 Å². The molecule has 0 unspecified atom stereocenters. The van der Waals surface area contributed by atoms with Crippen LogP contribution in [-0.4, -0.2) is 33.9 Å². The van der Waals surface area contributed by atoms with Gasteiger partial charge in [-0.25, -0.2) is 0 Å². The minimum absolute atomic E-state index is 0.165. The molecule has 0 saturated carbocycles. The molecular weight excluding hydrogens is 199 g/mol. The summed E-state index contributed by atoms with van der Waals surface area (Å²) < 4.78 is 8.68. The molecule has 0 fully saturated rings. The Hall–Kier alpha value is -0.520. The Labute approximate surface area is 76.1 Å². The van der Waals surface area contributed by atoms with Crippen molar-refractivity contribution in [3.05, 3.63) is 12.2 Å². The molecule has 0 aliphatic rings. The molecule has 6 nitrogen and oxygen atoms in total. The van der Waals surface area contributed by atoms with Crippen LogP contribution in [0.5, 0.6) is 0 Å². The van der Waals surface area contributed by atoms with Gasteiger partial charge in [0.2, 0.25) is 0 Å². The van der Waals surface area contributed by atoms with Crippen LogP contribution in [0.15, 0.2) is 12.2 Å². The number of carbonyl (C=O) groups is 1. The van der Waals surface area contributed by atoms with Crippen LogP contribution in [0.4, 0.5) is 0 Å². The molecule has 0 saturated heterocycles. The molecule has 0 radical (unpaired) electrons. The van der Waals surface area contributed by atoms with Gasteiger partial charge in [0.25, 0.3) is 0 Å². The van der Waals surface area contributed by atoms with Crippen molar-refractivity contribution in [3.63, 3.8) is 0 Å². The average Bonchev–Trinajstić information content (AvgIpc) is 1.95. The maximum atomic E-state index is 10.7.